The molecule has 1 aliphatic heterocycles. The number of likely N-dealkylation sites (N-methyl/N-ethyl adjacent to an activating group) is 1. The average Bonchev–Trinajstić information content (AvgIpc) is 2.47. The Hall–Kier alpha value is -0.0800. The summed E-state index contributed by atoms with van der Waals surface area (Å²) in [5.41, 5.74) is 0. The smallest absolute Gasteiger partial charge is 0.0110 e. The fraction of sp³-hybridized carbons (Fsp3) is 1.00. The first-order chi connectivity index (χ1) is 5.38. The van der Waals surface area contributed by atoms with E-state index >= 15 is 0 Å². The maximum absolute atomic E-state index is 3.20. The Labute approximate surface area is 70.0 Å². The molecule has 66 valence electrons. The van der Waals surface area contributed by atoms with Gasteiger partial charge < -0.3 is 5.32 Å². The molecule has 0 aromatic rings. The normalized spacial score (nSPS) is 26.2. The average molecular weight is 156 g/mol. The molecule has 1 saturated heterocycles. The van der Waals surface area contributed by atoms with Crippen LogP contribution >= 0.6 is 0 Å². The van der Waals surface area contributed by atoms with Gasteiger partial charge in [0.25, 0.3) is 0 Å². The molecule has 2 nitrogen and oxygen atoms in total. The lowest BCUT2D eigenvalue weighted by Gasteiger charge is -2.22. The van der Waals surface area contributed by atoms with E-state index in [0.717, 1.165) is 12.6 Å². The Balaban J connectivity index is 2.20. The molecule has 0 bridgehead atoms. The van der Waals surface area contributed by atoms with E-state index in [1.807, 2.05) is 7.05 Å². The number of nitrogens with zero attached hydrogens (tertiary/aromatic N) is 1. The number of rotatable bonds is 4. The van der Waals surface area contributed by atoms with Crippen molar-refractivity contribution in [2.75, 3.05) is 26.7 Å². The van der Waals surface area contributed by atoms with Gasteiger partial charge in [0.1, 0.15) is 0 Å². The van der Waals surface area contributed by atoms with Gasteiger partial charge in [0, 0.05) is 19.1 Å². The molecule has 0 amide bonds. The third-order valence-corrected chi connectivity index (χ3v) is 2.62. The van der Waals surface area contributed by atoms with Crippen LogP contribution in [0, 0.1) is 0 Å². The molecule has 1 heterocycles. The predicted molar refractivity (Wildman–Crippen MR) is 48.8 cm³/mol. The second-order valence-electron chi connectivity index (χ2n) is 3.34. The molecular weight excluding hydrogens is 136 g/mol. The minimum atomic E-state index is 0.878. The third-order valence-electron chi connectivity index (χ3n) is 2.62. The zero-order chi connectivity index (χ0) is 8.10. The Morgan fingerprint density at radius 2 is 2.36 bits per heavy atom. The lowest BCUT2D eigenvalue weighted by atomic mass is 10.2. The summed E-state index contributed by atoms with van der Waals surface area (Å²) >= 11 is 0. The zero-order valence-corrected chi connectivity index (χ0v) is 7.77. The highest BCUT2D eigenvalue weighted by atomic mass is 15.2. The molecule has 0 saturated carbocycles. The van der Waals surface area contributed by atoms with E-state index < -0.39 is 0 Å². The second-order valence-corrected chi connectivity index (χ2v) is 3.34. The van der Waals surface area contributed by atoms with Gasteiger partial charge in [-0.3, -0.25) is 4.90 Å². The van der Waals surface area contributed by atoms with E-state index in [9.17, 15) is 0 Å². The van der Waals surface area contributed by atoms with Crippen LogP contribution in [0.2, 0.25) is 0 Å². The largest absolute Gasteiger partial charge is 0.318 e. The fourth-order valence-electron chi connectivity index (χ4n) is 1.91. The van der Waals surface area contributed by atoms with Crippen LogP contribution in [0.15, 0.2) is 0 Å². The monoisotopic (exact) mass is 156 g/mol. The van der Waals surface area contributed by atoms with Crippen LogP contribution in [0.4, 0.5) is 0 Å². The molecule has 0 radical (unpaired) electrons. The Morgan fingerprint density at radius 3 is 3.00 bits per heavy atom. The molecular formula is C9H20N2. The Morgan fingerprint density at radius 1 is 1.55 bits per heavy atom. The third kappa shape index (κ3) is 2.46. The van der Waals surface area contributed by atoms with Crippen molar-refractivity contribution < 1.29 is 0 Å². The number of likely N-dealkylation sites (tertiary alicyclic amines) is 1. The fourth-order valence-corrected chi connectivity index (χ4v) is 1.91. The first kappa shape index (κ1) is 9.01. The maximum Gasteiger partial charge on any atom is 0.0110 e. The van der Waals surface area contributed by atoms with E-state index in [4.69, 9.17) is 0 Å². The van der Waals surface area contributed by atoms with Crippen molar-refractivity contribution >= 4 is 0 Å². The molecule has 0 spiro atoms. The van der Waals surface area contributed by atoms with Gasteiger partial charge in [0.2, 0.25) is 0 Å². The number of hydrogen-bond donors (Lipinski definition) is 1. The lowest BCUT2D eigenvalue weighted by Crippen LogP contribution is -2.34. The summed E-state index contributed by atoms with van der Waals surface area (Å²) in [6.45, 7) is 5.98. The highest BCUT2D eigenvalue weighted by Gasteiger charge is 2.21. The maximum atomic E-state index is 3.20. The lowest BCUT2D eigenvalue weighted by molar-refractivity contribution is 0.250. The molecule has 1 atom stereocenters. The summed E-state index contributed by atoms with van der Waals surface area (Å²) in [6.07, 6.45) is 4.14. The summed E-state index contributed by atoms with van der Waals surface area (Å²) in [4.78, 5) is 2.61. The molecule has 11 heavy (non-hydrogen) atoms. The van der Waals surface area contributed by atoms with Gasteiger partial charge in [-0.05, 0) is 32.9 Å². The summed E-state index contributed by atoms with van der Waals surface area (Å²) in [5.74, 6) is 0. The van der Waals surface area contributed by atoms with E-state index in [2.05, 4.69) is 17.1 Å². The van der Waals surface area contributed by atoms with Gasteiger partial charge in [-0.1, -0.05) is 6.92 Å². The first-order valence-electron chi connectivity index (χ1n) is 4.77. The highest BCUT2D eigenvalue weighted by Crippen LogP contribution is 2.18. The topological polar surface area (TPSA) is 15.3 Å². The molecule has 0 aromatic carbocycles. The highest BCUT2D eigenvalue weighted by molar-refractivity contribution is 4.77. The molecule has 1 fully saturated rings. The number of hydrogen-bond acceptors (Lipinski definition) is 2. The van der Waals surface area contributed by atoms with Gasteiger partial charge in [-0.2, -0.15) is 0 Å². The van der Waals surface area contributed by atoms with Crippen molar-refractivity contribution in [2.45, 2.75) is 32.2 Å². The van der Waals surface area contributed by atoms with E-state index in [1.54, 1.807) is 0 Å². The van der Waals surface area contributed by atoms with E-state index in [0.29, 0.717) is 0 Å². The molecule has 1 N–H and O–H groups in total. The molecule has 1 unspecified atom stereocenters. The van der Waals surface area contributed by atoms with Gasteiger partial charge in [0.15, 0.2) is 0 Å². The summed E-state index contributed by atoms with van der Waals surface area (Å²) in [5, 5.41) is 3.20. The van der Waals surface area contributed by atoms with Crippen LogP contribution in [0.25, 0.3) is 0 Å². The van der Waals surface area contributed by atoms with Crippen LogP contribution in [-0.4, -0.2) is 37.6 Å². The van der Waals surface area contributed by atoms with Crippen molar-refractivity contribution in [2.24, 2.45) is 0 Å². The van der Waals surface area contributed by atoms with Crippen LogP contribution in [-0.2, 0) is 0 Å². The van der Waals surface area contributed by atoms with Crippen molar-refractivity contribution in [3.8, 4) is 0 Å². The minimum absolute atomic E-state index is 0.878. The van der Waals surface area contributed by atoms with E-state index in [-0.39, 0.29) is 0 Å². The van der Waals surface area contributed by atoms with Crippen molar-refractivity contribution in [3.05, 3.63) is 0 Å². The van der Waals surface area contributed by atoms with E-state index in [1.165, 1.54) is 32.4 Å². The Kier molecular flexibility index (Phi) is 3.87. The molecule has 0 aliphatic carbocycles. The van der Waals surface area contributed by atoms with Gasteiger partial charge in [-0.25, -0.2) is 0 Å². The van der Waals surface area contributed by atoms with Crippen LogP contribution in [0.3, 0.4) is 0 Å². The quantitative estimate of drug-likeness (QED) is 0.655. The van der Waals surface area contributed by atoms with Crippen LogP contribution in [0.1, 0.15) is 26.2 Å². The van der Waals surface area contributed by atoms with Crippen molar-refractivity contribution in [1.29, 1.82) is 0 Å². The molecule has 0 aromatic heterocycles. The van der Waals surface area contributed by atoms with Gasteiger partial charge in [-0.15, -0.1) is 0 Å². The first-order valence-corrected chi connectivity index (χ1v) is 4.77. The Bertz CT molecular complexity index is 104. The summed E-state index contributed by atoms with van der Waals surface area (Å²) in [7, 11) is 2.02. The molecule has 2 heteroatoms. The van der Waals surface area contributed by atoms with Gasteiger partial charge >= 0.3 is 0 Å². The zero-order valence-electron chi connectivity index (χ0n) is 7.77. The van der Waals surface area contributed by atoms with Crippen LogP contribution < -0.4 is 5.32 Å². The SMILES string of the molecule is CCC1CCCN1CCNC. The number of nitrogens with one attached hydrogen (secondary N) is 1. The molecule has 1 aliphatic rings. The van der Waals surface area contributed by atoms with Gasteiger partial charge in [0.05, 0.1) is 0 Å². The van der Waals surface area contributed by atoms with Crippen LogP contribution in [0.5, 0.6) is 0 Å². The molecule has 1 rings (SSSR count). The second kappa shape index (κ2) is 4.73. The predicted octanol–water partition coefficient (Wildman–Crippen LogP) is 1.08. The summed E-state index contributed by atoms with van der Waals surface area (Å²) < 4.78 is 0. The van der Waals surface area contributed by atoms with Crippen molar-refractivity contribution in [3.63, 3.8) is 0 Å². The summed E-state index contributed by atoms with van der Waals surface area (Å²) in [6, 6.07) is 0.878. The minimum Gasteiger partial charge on any atom is -0.318 e. The standard InChI is InChI=1S/C9H20N2/c1-3-9-5-4-7-11(9)8-6-10-2/h9-10H,3-8H2,1-2H3. The van der Waals surface area contributed by atoms with Crippen molar-refractivity contribution in [1.82, 2.24) is 10.2 Å².